The second kappa shape index (κ2) is 7.70. The van der Waals surface area contributed by atoms with Gasteiger partial charge in [0, 0.05) is 23.3 Å². The third-order valence-corrected chi connectivity index (χ3v) is 5.05. The van der Waals surface area contributed by atoms with Crippen LogP contribution in [0.25, 0.3) is 0 Å². The Morgan fingerprint density at radius 3 is 2.58 bits per heavy atom. The summed E-state index contributed by atoms with van der Waals surface area (Å²) in [5.74, 6) is 6.64. The van der Waals surface area contributed by atoms with Crippen molar-refractivity contribution in [1.82, 2.24) is 15.3 Å². The van der Waals surface area contributed by atoms with Crippen molar-refractivity contribution in [2.45, 2.75) is 51.5 Å². The normalized spacial score (nSPS) is 24.5. The Bertz CT molecular complexity index is 810. The van der Waals surface area contributed by atoms with Crippen molar-refractivity contribution < 1.29 is 4.79 Å². The van der Waals surface area contributed by atoms with Gasteiger partial charge in [0.15, 0.2) is 0 Å². The van der Waals surface area contributed by atoms with Gasteiger partial charge in [0.1, 0.15) is 11.4 Å². The molecule has 4 heteroatoms. The highest BCUT2D eigenvalue weighted by Gasteiger charge is 2.45. The third kappa shape index (κ3) is 4.29. The fourth-order valence-electron chi connectivity index (χ4n) is 3.88. The van der Waals surface area contributed by atoms with E-state index in [1.807, 2.05) is 30.3 Å². The second-order valence-electron chi connectivity index (χ2n) is 7.40. The number of pyridine rings is 2. The van der Waals surface area contributed by atoms with Crippen LogP contribution in [-0.4, -0.2) is 21.4 Å². The minimum atomic E-state index is -0.261. The quantitative estimate of drug-likeness (QED) is 0.851. The van der Waals surface area contributed by atoms with Crippen molar-refractivity contribution in [3.8, 4) is 11.8 Å². The smallest absolute Gasteiger partial charge is 0.270 e. The minimum Gasteiger partial charge on any atom is -0.345 e. The molecule has 134 valence electrons. The zero-order valence-electron chi connectivity index (χ0n) is 15.5. The van der Waals surface area contributed by atoms with Crippen LogP contribution in [0, 0.1) is 17.3 Å². The molecule has 0 bridgehead atoms. The van der Waals surface area contributed by atoms with Crippen molar-refractivity contribution in [2.24, 2.45) is 5.41 Å². The van der Waals surface area contributed by atoms with Crippen LogP contribution in [0.3, 0.4) is 0 Å². The van der Waals surface area contributed by atoms with E-state index in [0.717, 1.165) is 37.8 Å². The second-order valence-corrected chi connectivity index (χ2v) is 7.40. The van der Waals surface area contributed by atoms with E-state index < -0.39 is 0 Å². The molecule has 2 atom stereocenters. The molecule has 26 heavy (non-hydrogen) atoms. The van der Waals surface area contributed by atoms with E-state index in [9.17, 15) is 4.79 Å². The molecule has 2 heterocycles. The Labute approximate surface area is 155 Å². The number of carbonyl (C=O) groups is 1. The molecule has 0 unspecified atom stereocenters. The molecule has 3 rings (SSSR count). The molecule has 0 aliphatic heterocycles. The number of hydrogen-bond acceptors (Lipinski definition) is 3. The molecule has 2 aromatic rings. The summed E-state index contributed by atoms with van der Waals surface area (Å²) in [5, 5.41) is 3.20. The van der Waals surface area contributed by atoms with E-state index in [1.54, 1.807) is 18.5 Å². The summed E-state index contributed by atoms with van der Waals surface area (Å²) >= 11 is 0. The van der Waals surface area contributed by atoms with Gasteiger partial charge >= 0.3 is 0 Å². The zero-order valence-corrected chi connectivity index (χ0v) is 15.5. The van der Waals surface area contributed by atoms with E-state index in [1.165, 1.54) is 0 Å². The van der Waals surface area contributed by atoms with Gasteiger partial charge in [-0.2, -0.15) is 0 Å². The Hall–Kier alpha value is -2.67. The number of carbonyl (C=O) groups excluding carboxylic acids is 1. The molecule has 0 radical (unpaired) electrons. The van der Waals surface area contributed by atoms with Crippen molar-refractivity contribution in [2.75, 3.05) is 0 Å². The van der Waals surface area contributed by atoms with Gasteiger partial charge in [0.25, 0.3) is 5.91 Å². The molecule has 1 fully saturated rings. The Kier molecular flexibility index (Phi) is 5.37. The van der Waals surface area contributed by atoms with Gasteiger partial charge in [-0.05, 0) is 62.8 Å². The molecular formula is C22H25N3O. The molecule has 1 N–H and O–H groups in total. The fourth-order valence-corrected chi connectivity index (χ4v) is 3.88. The van der Waals surface area contributed by atoms with Gasteiger partial charge in [-0.1, -0.05) is 31.4 Å². The first kappa shape index (κ1) is 18.1. The SMILES string of the molecule is CCC[C@@]1(C#Cc2ccccn2)CC[C@](C)(NC(=O)c2ccccn2)C1. The van der Waals surface area contributed by atoms with Gasteiger partial charge in [0.2, 0.25) is 0 Å². The summed E-state index contributed by atoms with van der Waals surface area (Å²) in [6.45, 7) is 4.31. The lowest BCUT2D eigenvalue weighted by Crippen LogP contribution is -2.45. The predicted octanol–water partition coefficient (Wildman–Crippen LogP) is 3.99. The van der Waals surface area contributed by atoms with Crippen molar-refractivity contribution >= 4 is 5.91 Å². The lowest BCUT2D eigenvalue weighted by Gasteiger charge is -2.29. The molecule has 0 saturated heterocycles. The maximum atomic E-state index is 12.5. The highest BCUT2D eigenvalue weighted by molar-refractivity contribution is 5.92. The van der Waals surface area contributed by atoms with Crippen LogP contribution >= 0.6 is 0 Å². The van der Waals surface area contributed by atoms with Crippen LogP contribution < -0.4 is 5.32 Å². The Morgan fingerprint density at radius 1 is 1.15 bits per heavy atom. The number of rotatable bonds is 4. The van der Waals surface area contributed by atoms with Crippen LogP contribution in [0.4, 0.5) is 0 Å². The van der Waals surface area contributed by atoms with E-state index >= 15 is 0 Å². The highest BCUT2D eigenvalue weighted by Crippen LogP contribution is 2.47. The van der Waals surface area contributed by atoms with Crippen LogP contribution in [-0.2, 0) is 0 Å². The summed E-state index contributed by atoms with van der Waals surface area (Å²) in [6, 6.07) is 11.2. The first-order chi connectivity index (χ1) is 12.5. The molecule has 4 nitrogen and oxygen atoms in total. The van der Waals surface area contributed by atoms with E-state index in [0.29, 0.717) is 5.69 Å². The van der Waals surface area contributed by atoms with Gasteiger partial charge < -0.3 is 5.32 Å². The summed E-state index contributed by atoms with van der Waals surface area (Å²) in [4.78, 5) is 21.0. The summed E-state index contributed by atoms with van der Waals surface area (Å²) < 4.78 is 0. The molecular weight excluding hydrogens is 322 g/mol. The fraction of sp³-hybridized carbons (Fsp3) is 0.409. The monoisotopic (exact) mass is 347 g/mol. The molecule has 0 spiro atoms. The third-order valence-electron chi connectivity index (χ3n) is 5.05. The average molecular weight is 347 g/mol. The van der Waals surface area contributed by atoms with Gasteiger partial charge in [-0.25, -0.2) is 4.98 Å². The summed E-state index contributed by atoms with van der Waals surface area (Å²) in [7, 11) is 0. The van der Waals surface area contributed by atoms with Crippen molar-refractivity contribution in [1.29, 1.82) is 0 Å². The number of nitrogens with zero attached hydrogens (tertiary/aromatic N) is 2. The summed E-state index contributed by atoms with van der Waals surface area (Å²) in [5.41, 5.74) is 0.927. The van der Waals surface area contributed by atoms with Crippen LogP contribution in [0.2, 0.25) is 0 Å². The van der Waals surface area contributed by atoms with Crippen LogP contribution in [0.15, 0.2) is 48.8 Å². The molecule has 2 aromatic heterocycles. The van der Waals surface area contributed by atoms with Crippen LogP contribution in [0.5, 0.6) is 0 Å². The van der Waals surface area contributed by atoms with Gasteiger partial charge in [0.05, 0.1) is 0 Å². The first-order valence-corrected chi connectivity index (χ1v) is 9.22. The lowest BCUT2D eigenvalue weighted by atomic mass is 9.80. The molecule has 1 aliphatic carbocycles. The molecule has 0 aromatic carbocycles. The van der Waals surface area contributed by atoms with Gasteiger partial charge in [-0.3, -0.25) is 9.78 Å². The number of amides is 1. The summed E-state index contributed by atoms with van der Waals surface area (Å²) in [6.07, 6.45) is 8.27. The van der Waals surface area contributed by atoms with E-state index in [-0.39, 0.29) is 16.9 Å². The zero-order chi connectivity index (χ0) is 18.5. The van der Waals surface area contributed by atoms with Crippen molar-refractivity contribution in [3.63, 3.8) is 0 Å². The van der Waals surface area contributed by atoms with Crippen molar-refractivity contribution in [3.05, 3.63) is 60.2 Å². The topological polar surface area (TPSA) is 54.9 Å². The number of nitrogens with one attached hydrogen (secondary N) is 1. The number of aromatic nitrogens is 2. The Morgan fingerprint density at radius 2 is 1.92 bits per heavy atom. The minimum absolute atomic E-state index is 0.0710. The number of hydrogen-bond donors (Lipinski definition) is 1. The molecule has 1 amide bonds. The average Bonchev–Trinajstić information content (AvgIpc) is 2.99. The molecule has 1 saturated carbocycles. The van der Waals surface area contributed by atoms with Crippen LogP contribution in [0.1, 0.15) is 62.1 Å². The van der Waals surface area contributed by atoms with Gasteiger partial charge in [-0.15, -0.1) is 0 Å². The van der Waals surface area contributed by atoms with E-state index in [2.05, 4.69) is 41.0 Å². The maximum absolute atomic E-state index is 12.5. The predicted molar refractivity (Wildman–Crippen MR) is 102 cm³/mol. The maximum Gasteiger partial charge on any atom is 0.270 e. The van der Waals surface area contributed by atoms with E-state index in [4.69, 9.17) is 0 Å². The standard InChI is InChI=1S/C22H25N3O/c1-3-11-22(12-10-18-8-4-6-15-23-18)14-13-21(2,17-22)25-20(26)19-9-5-7-16-24-19/h4-9,15-16H,3,11,13-14,17H2,1-2H3,(H,25,26)/t21-,22+/m0/s1. The molecule has 1 aliphatic rings. The first-order valence-electron chi connectivity index (χ1n) is 9.22. The largest absolute Gasteiger partial charge is 0.345 e. The lowest BCUT2D eigenvalue weighted by molar-refractivity contribution is 0.0898. The Balaban J connectivity index is 1.76. The highest BCUT2D eigenvalue weighted by atomic mass is 16.2.